The van der Waals surface area contributed by atoms with E-state index in [9.17, 15) is 0 Å². The molecule has 3 nitrogen and oxygen atoms in total. The fourth-order valence-corrected chi connectivity index (χ4v) is 0. The minimum Gasteiger partial charge on any atom is -0.567 e. The van der Waals surface area contributed by atoms with Gasteiger partial charge >= 0.3 is 59.6 Å². The van der Waals surface area contributed by atoms with Crippen molar-refractivity contribution in [2.24, 2.45) is 0 Å². The van der Waals surface area contributed by atoms with Gasteiger partial charge in [-0.25, -0.2) is 0 Å². The second-order valence-corrected chi connectivity index (χ2v) is 0.714. The second kappa shape index (κ2) is 5.66. The van der Waals surface area contributed by atoms with Crippen LogP contribution in [0.2, 0.25) is 0 Å². The van der Waals surface area contributed by atoms with Crippen molar-refractivity contribution < 1.29 is 65.7 Å². The molecule has 0 spiro atoms. The average Bonchev–Trinajstić information content (AvgIpc) is 0.811. The summed E-state index contributed by atoms with van der Waals surface area (Å²) in [6.07, 6.45) is 0. The van der Waals surface area contributed by atoms with Crippen LogP contribution < -0.4 is 56.3 Å². The largest absolute Gasteiger partial charge is 1.00 e. The molecule has 0 rings (SSSR count). The van der Waals surface area contributed by atoms with E-state index in [4.69, 9.17) is 14.4 Å². The monoisotopic (exact) mass is 120 g/mol. The van der Waals surface area contributed by atoms with Crippen LogP contribution in [0.1, 0.15) is 0 Å². The van der Waals surface area contributed by atoms with Gasteiger partial charge in [-0.2, -0.15) is 4.89 Å². The van der Waals surface area contributed by atoms with Gasteiger partial charge in [0.1, 0.15) is 0 Å². The van der Waals surface area contributed by atoms with Crippen molar-refractivity contribution in [1.82, 2.24) is 0 Å². The maximum Gasteiger partial charge on any atom is 1.00 e. The molecule has 0 fully saturated rings. The molecule has 0 aliphatic rings. The maximum atomic E-state index is 8.59. The van der Waals surface area contributed by atoms with Crippen LogP contribution in [0, 0.1) is 0 Å². The first-order valence-corrected chi connectivity index (χ1v) is 1.70. The van der Waals surface area contributed by atoms with Gasteiger partial charge in [0.05, 0.1) is 0 Å². The summed E-state index contributed by atoms with van der Waals surface area (Å²) in [5.41, 5.74) is 0. The summed E-state index contributed by atoms with van der Waals surface area (Å²) in [7, 11) is -3.12. The van der Waals surface area contributed by atoms with E-state index in [0.29, 0.717) is 0 Å². The van der Waals surface area contributed by atoms with Gasteiger partial charge in [0, 0.05) is 0 Å². The molecule has 0 aliphatic heterocycles. The molecular formula is HKO3P+. The van der Waals surface area contributed by atoms with Crippen molar-refractivity contribution in [3.8, 4) is 0 Å². The van der Waals surface area contributed by atoms with E-state index in [-0.39, 0.29) is 51.4 Å². The van der Waals surface area contributed by atoms with Crippen LogP contribution in [0.4, 0.5) is 0 Å². The zero-order chi connectivity index (χ0) is 3.58. The number of hydrogen-bond acceptors (Lipinski definition) is 2. The van der Waals surface area contributed by atoms with Crippen LogP contribution >= 0.6 is 8.25 Å². The molecule has 0 radical (unpaired) electrons. The van der Waals surface area contributed by atoms with Gasteiger partial charge in [-0.1, -0.05) is 0 Å². The van der Waals surface area contributed by atoms with E-state index >= 15 is 0 Å². The molecule has 1 atom stereocenters. The standard InChI is InChI=1S/K.HO3P/c;1-4(2)3/h;(H,1,2,3)/q+1;/i;4+1. The van der Waals surface area contributed by atoms with Crippen LogP contribution in [-0.2, 0) is 4.57 Å². The molecule has 0 bridgehead atoms. The van der Waals surface area contributed by atoms with E-state index in [1.165, 1.54) is 0 Å². The van der Waals surface area contributed by atoms with Crippen LogP contribution in [0.25, 0.3) is 0 Å². The summed E-state index contributed by atoms with van der Waals surface area (Å²) in [5.74, 6) is 0. The summed E-state index contributed by atoms with van der Waals surface area (Å²) >= 11 is 0. The Morgan fingerprint density at radius 3 is 1.80 bits per heavy atom. The fourth-order valence-electron chi connectivity index (χ4n) is 0. The van der Waals surface area contributed by atoms with Crippen LogP contribution in [-0.4, -0.2) is 4.89 Å². The number of rotatable bonds is 0. The molecule has 24 valence electrons. The van der Waals surface area contributed by atoms with Gasteiger partial charge in [-0.05, 0) is 4.57 Å². The Morgan fingerprint density at radius 1 is 1.80 bits per heavy atom. The van der Waals surface area contributed by atoms with Gasteiger partial charge < -0.3 is 4.89 Å². The van der Waals surface area contributed by atoms with Crippen LogP contribution in [0.3, 0.4) is 0 Å². The predicted octanol–water partition coefficient (Wildman–Crippen LogP) is -4.00. The molecule has 0 heterocycles. The van der Waals surface area contributed by atoms with Crippen molar-refractivity contribution in [2.45, 2.75) is 0 Å². The molecule has 0 aromatic rings. The van der Waals surface area contributed by atoms with Gasteiger partial charge in [-0.15, -0.1) is 0 Å². The molecule has 0 amide bonds. The molecule has 0 aromatic heterocycles. The van der Waals surface area contributed by atoms with Gasteiger partial charge in [0.15, 0.2) is 0 Å². The van der Waals surface area contributed by atoms with Gasteiger partial charge in [-0.3, -0.25) is 0 Å². The van der Waals surface area contributed by atoms with Crippen molar-refractivity contribution in [2.75, 3.05) is 0 Å². The first-order chi connectivity index (χ1) is 1.73. The smallest absolute Gasteiger partial charge is 0.567 e. The van der Waals surface area contributed by atoms with Crippen molar-refractivity contribution in [3.63, 3.8) is 0 Å². The Hall–Kier alpha value is 1.66. The molecule has 0 saturated carbocycles. The summed E-state index contributed by atoms with van der Waals surface area (Å²) < 4.78 is 8.59. The van der Waals surface area contributed by atoms with E-state index in [0.717, 1.165) is 0 Å². The molecule has 1 unspecified atom stereocenters. The molecule has 5 heteroatoms. The van der Waals surface area contributed by atoms with E-state index in [2.05, 4.69) is 0 Å². The van der Waals surface area contributed by atoms with E-state index < -0.39 is 8.25 Å². The Kier molecular flexibility index (Phi) is 11.1. The molecule has 5 heavy (non-hydrogen) atoms. The maximum absolute atomic E-state index is 8.59. The van der Waals surface area contributed by atoms with E-state index in [1.54, 1.807) is 0 Å². The molecular weight excluding hydrogens is 119 g/mol. The van der Waals surface area contributed by atoms with Crippen molar-refractivity contribution in [1.29, 1.82) is 0 Å². The Morgan fingerprint density at radius 2 is 1.80 bits per heavy atom. The normalized spacial score (nSPS) is 8.80. The Labute approximate surface area is 72.8 Å². The third-order valence-electron chi connectivity index (χ3n) is 0. The Bertz CT molecular complexity index is 29.9. The first kappa shape index (κ1) is 9.82. The predicted molar refractivity (Wildman–Crippen MR) is 9.83 cm³/mol. The molecule has 1 N–H and O–H groups in total. The topological polar surface area (TPSA) is 60.4 Å². The third-order valence-corrected chi connectivity index (χ3v) is 0. The van der Waals surface area contributed by atoms with Crippen LogP contribution in [0.5, 0.6) is 0 Å². The van der Waals surface area contributed by atoms with Gasteiger partial charge in [0.2, 0.25) is 0 Å². The van der Waals surface area contributed by atoms with Crippen molar-refractivity contribution in [3.05, 3.63) is 0 Å². The quantitative estimate of drug-likeness (QED) is 0.262. The summed E-state index contributed by atoms with van der Waals surface area (Å²) in [6, 6.07) is 0. The summed E-state index contributed by atoms with van der Waals surface area (Å²) in [6.45, 7) is 0. The third kappa shape index (κ3) is 27.6. The number of hydrogen-bond donors (Lipinski definition) is 1. The minimum absolute atomic E-state index is 0. The SMILES string of the molecule is O=[32P+]([O-])O.[K+]. The Balaban J connectivity index is 0. The van der Waals surface area contributed by atoms with Crippen LogP contribution in [0.15, 0.2) is 0 Å². The summed E-state index contributed by atoms with van der Waals surface area (Å²) in [5, 5.41) is 0. The molecule has 0 saturated heterocycles. The van der Waals surface area contributed by atoms with Crippen molar-refractivity contribution >= 4 is 8.25 Å². The molecule has 0 aromatic carbocycles. The van der Waals surface area contributed by atoms with E-state index in [1.807, 2.05) is 0 Å². The van der Waals surface area contributed by atoms with Gasteiger partial charge in [0.25, 0.3) is 0 Å². The average molecular weight is 120 g/mol. The minimum atomic E-state index is -3.12. The zero-order valence-electron chi connectivity index (χ0n) is 2.71. The first-order valence-electron chi connectivity index (χ1n) is 0.565. The second-order valence-electron chi connectivity index (χ2n) is 0.238. The summed E-state index contributed by atoms with van der Waals surface area (Å²) in [4.78, 5) is 15.6. The zero-order valence-corrected chi connectivity index (χ0v) is 6.73. The molecule has 0 aliphatic carbocycles. The fraction of sp³-hybridized carbons (Fsp3) is 0.